The fourth-order valence-corrected chi connectivity index (χ4v) is 2.77. The molecular weight excluding hydrogens is 292 g/mol. The predicted molar refractivity (Wildman–Crippen MR) is 60.9 cm³/mol. The molecule has 0 atom stereocenters. The lowest BCUT2D eigenvalue weighted by Gasteiger charge is -2.12. The Morgan fingerprint density at radius 2 is 1.75 bits per heavy atom. The van der Waals surface area contributed by atoms with Crippen LogP contribution < -0.4 is 0 Å². The first-order chi connectivity index (χ1) is 7.70. The van der Waals surface area contributed by atoms with Gasteiger partial charge >= 0.3 is 0 Å². The molecule has 0 amide bonds. The van der Waals surface area contributed by atoms with Crippen LogP contribution in [0, 0.1) is 0 Å². The minimum absolute atomic E-state index is 0.161. The van der Waals surface area contributed by atoms with Gasteiger partial charge in [-0.15, -0.1) is 0 Å². The Kier molecular flexibility index (Phi) is 2.02. The third-order valence-electron chi connectivity index (χ3n) is 2.40. The predicted octanol–water partition coefficient (Wildman–Crippen LogP) is 2.08. The van der Waals surface area contributed by atoms with Crippen molar-refractivity contribution < 1.29 is 9.59 Å². The van der Waals surface area contributed by atoms with Crippen LogP contribution in [0.15, 0.2) is 22.7 Å². The lowest BCUT2D eigenvalue weighted by Crippen LogP contribution is -2.21. The number of halogens is 1. The molecule has 0 fully saturated rings. The second-order valence-electron chi connectivity index (χ2n) is 3.28. The molecule has 3 rings (SSSR count). The zero-order valence-corrected chi connectivity index (χ0v) is 10.1. The van der Waals surface area contributed by atoms with Gasteiger partial charge in [0.05, 0.1) is 11.7 Å². The molecule has 1 aliphatic carbocycles. The van der Waals surface area contributed by atoms with Gasteiger partial charge in [0.25, 0.3) is 0 Å². The van der Waals surface area contributed by atoms with E-state index in [0.29, 0.717) is 15.6 Å². The largest absolute Gasteiger partial charge is 0.287 e. The molecule has 0 unspecified atom stereocenters. The van der Waals surface area contributed by atoms with Gasteiger partial charge in [-0.25, -0.2) is 0 Å². The second kappa shape index (κ2) is 3.29. The highest BCUT2D eigenvalue weighted by Gasteiger charge is 2.34. The van der Waals surface area contributed by atoms with Gasteiger partial charge in [0, 0.05) is 15.6 Å². The van der Waals surface area contributed by atoms with Crippen LogP contribution in [0.1, 0.15) is 32.1 Å². The number of aromatic nitrogens is 2. The summed E-state index contributed by atoms with van der Waals surface area (Å²) in [5.74, 6) is -0.481. The van der Waals surface area contributed by atoms with Crippen LogP contribution in [0.25, 0.3) is 0 Å². The molecule has 16 heavy (non-hydrogen) atoms. The topological polar surface area (TPSA) is 59.9 Å². The van der Waals surface area contributed by atoms with Gasteiger partial charge in [-0.3, -0.25) is 9.59 Å². The van der Waals surface area contributed by atoms with E-state index >= 15 is 0 Å². The third kappa shape index (κ3) is 1.14. The number of ketones is 2. The molecule has 0 saturated carbocycles. The second-order valence-corrected chi connectivity index (χ2v) is 4.66. The molecule has 0 aliphatic heterocycles. The van der Waals surface area contributed by atoms with E-state index in [2.05, 4.69) is 24.7 Å². The monoisotopic (exact) mass is 294 g/mol. The molecule has 0 radical (unpaired) electrons. The lowest BCUT2D eigenvalue weighted by molar-refractivity contribution is 0.0973. The maximum absolute atomic E-state index is 12.1. The highest BCUT2D eigenvalue weighted by atomic mass is 79.9. The Morgan fingerprint density at radius 3 is 2.50 bits per heavy atom. The summed E-state index contributed by atoms with van der Waals surface area (Å²) in [4.78, 5) is 24.1. The van der Waals surface area contributed by atoms with Crippen molar-refractivity contribution in [1.29, 1.82) is 0 Å². The number of rotatable bonds is 0. The average Bonchev–Trinajstić information content (AvgIpc) is 2.75. The van der Waals surface area contributed by atoms with E-state index in [1.165, 1.54) is 0 Å². The Balaban J connectivity index is 2.38. The van der Waals surface area contributed by atoms with Gasteiger partial charge in [0.2, 0.25) is 11.6 Å². The zero-order chi connectivity index (χ0) is 11.3. The first-order valence-electron chi connectivity index (χ1n) is 4.40. The standard InChI is InChI=1S/C10H3BrN2O2S/c11-5-3-1-2-4-6(5)10(15)8-7(9(4)14)12-16-13-8/h1-3H. The number of hydrogen-bond donors (Lipinski definition) is 0. The summed E-state index contributed by atoms with van der Waals surface area (Å²) in [5.41, 5.74) is 1.10. The molecule has 0 bridgehead atoms. The summed E-state index contributed by atoms with van der Waals surface area (Å²) in [6.45, 7) is 0. The van der Waals surface area contributed by atoms with Gasteiger partial charge in [-0.05, 0) is 6.07 Å². The van der Waals surface area contributed by atoms with Crippen molar-refractivity contribution >= 4 is 39.2 Å². The van der Waals surface area contributed by atoms with Crippen LogP contribution in [0.4, 0.5) is 0 Å². The molecule has 78 valence electrons. The van der Waals surface area contributed by atoms with Crippen molar-refractivity contribution in [2.75, 3.05) is 0 Å². The molecule has 4 nitrogen and oxygen atoms in total. The van der Waals surface area contributed by atoms with Crippen LogP contribution in [0.3, 0.4) is 0 Å². The van der Waals surface area contributed by atoms with E-state index in [-0.39, 0.29) is 23.0 Å². The number of nitrogens with zero attached hydrogens (tertiary/aromatic N) is 2. The number of benzene rings is 1. The van der Waals surface area contributed by atoms with E-state index in [0.717, 1.165) is 11.7 Å². The van der Waals surface area contributed by atoms with Gasteiger partial charge in [-0.2, -0.15) is 8.75 Å². The maximum Gasteiger partial charge on any atom is 0.216 e. The third-order valence-corrected chi connectivity index (χ3v) is 3.59. The molecule has 1 aliphatic rings. The number of hydrogen-bond acceptors (Lipinski definition) is 5. The molecule has 2 aromatic rings. The Labute approximate surface area is 103 Å². The van der Waals surface area contributed by atoms with E-state index in [1.54, 1.807) is 18.2 Å². The van der Waals surface area contributed by atoms with Crippen LogP contribution in [-0.4, -0.2) is 20.3 Å². The smallest absolute Gasteiger partial charge is 0.216 e. The lowest BCUT2D eigenvalue weighted by atomic mass is 9.90. The average molecular weight is 295 g/mol. The van der Waals surface area contributed by atoms with Crippen LogP contribution in [0.2, 0.25) is 0 Å². The van der Waals surface area contributed by atoms with Crippen molar-refractivity contribution in [2.45, 2.75) is 0 Å². The van der Waals surface area contributed by atoms with Crippen molar-refractivity contribution in [3.05, 3.63) is 45.2 Å². The highest BCUT2D eigenvalue weighted by molar-refractivity contribution is 9.10. The van der Waals surface area contributed by atoms with E-state index in [1.807, 2.05) is 0 Å². The minimum atomic E-state index is -0.245. The zero-order valence-electron chi connectivity index (χ0n) is 7.73. The van der Waals surface area contributed by atoms with Gasteiger partial charge in [-0.1, -0.05) is 28.1 Å². The number of fused-ring (bicyclic) bond motifs is 2. The Morgan fingerprint density at radius 1 is 1.06 bits per heavy atom. The van der Waals surface area contributed by atoms with Crippen LogP contribution >= 0.6 is 27.7 Å². The number of carbonyl (C=O) groups is 2. The summed E-state index contributed by atoms with van der Waals surface area (Å²) in [5, 5.41) is 0. The molecule has 1 heterocycles. The maximum atomic E-state index is 12.1. The van der Waals surface area contributed by atoms with E-state index in [4.69, 9.17) is 0 Å². The number of carbonyl (C=O) groups excluding carboxylic acids is 2. The van der Waals surface area contributed by atoms with Crippen LogP contribution in [-0.2, 0) is 0 Å². The summed E-state index contributed by atoms with van der Waals surface area (Å²) >= 11 is 4.15. The van der Waals surface area contributed by atoms with Gasteiger partial charge < -0.3 is 0 Å². The molecule has 0 N–H and O–H groups in total. The normalized spacial score (nSPS) is 13.6. The Hall–Kier alpha value is -1.40. The molecule has 6 heteroatoms. The minimum Gasteiger partial charge on any atom is -0.287 e. The summed E-state index contributed by atoms with van der Waals surface area (Å²) in [7, 11) is 0. The van der Waals surface area contributed by atoms with Crippen molar-refractivity contribution in [1.82, 2.24) is 8.75 Å². The van der Waals surface area contributed by atoms with Crippen molar-refractivity contribution in [2.24, 2.45) is 0 Å². The SMILES string of the molecule is O=C1c2cccc(Br)c2C(=O)c2nsnc21. The molecule has 0 spiro atoms. The van der Waals surface area contributed by atoms with Gasteiger partial charge in [0.15, 0.2) is 11.4 Å². The molecule has 0 saturated heterocycles. The van der Waals surface area contributed by atoms with E-state index < -0.39 is 0 Å². The van der Waals surface area contributed by atoms with Gasteiger partial charge in [0.1, 0.15) is 0 Å². The van der Waals surface area contributed by atoms with E-state index in [9.17, 15) is 9.59 Å². The molecular formula is C10H3BrN2O2S. The van der Waals surface area contributed by atoms with Crippen molar-refractivity contribution in [3.63, 3.8) is 0 Å². The quantitative estimate of drug-likeness (QED) is 0.637. The fourth-order valence-electron chi connectivity index (χ4n) is 1.68. The molecule has 1 aromatic heterocycles. The Bertz CT molecular complexity index is 635. The first-order valence-corrected chi connectivity index (χ1v) is 5.93. The highest BCUT2D eigenvalue weighted by Crippen LogP contribution is 2.30. The fraction of sp³-hybridized carbons (Fsp3) is 0. The summed E-state index contributed by atoms with van der Waals surface area (Å²) in [6.07, 6.45) is 0. The summed E-state index contributed by atoms with van der Waals surface area (Å²) in [6, 6.07) is 5.08. The summed E-state index contributed by atoms with van der Waals surface area (Å²) < 4.78 is 8.34. The molecule has 1 aromatic carbocycles. The first kappa shape index (κ1) is 9.80. The van der Waals surface area contributed by atoms with Crippen molar-refractivity contribution in [3.8, 4) is 0 Å². The van der Waals surface area contributed by atoms with Crippen LogP contribution in [0.5, 0.6) is 0 Å².